The normalized spacial score (nSPS) is 18.6. The maximum atomic E-state index is 12.7. The van der Waals surface area contributed by atoms with Crippen molar-refractivity contribution < 1.29 is 18.0 Å². The standard InChI is InChI=1S/C19H19ClN2O4S/c1-12-7-8-14(10-15(12)20)21-18(23)11-22-16-5-3-4-6-17(16)27(25,26)13(2)9-19(22)24/h3-8,10,13H,9,11H2,1-2H3,(H,21,23)/t13-/m1/s1. The first kappa shape index (κ1) is 19.4. The van der Waals surface area contributed by atoms with Crippen LogP contribution < -0.4 is 10.2 Å². The van der Waals surface area contributed by atoms with Gasteiger partial charge >= 0.3 is 0 Å². The van der Waals surface area contributed by atoms with E-state index in [2.05, 4.69) is 5.32 Å². The molecule has 0 aliphatic carbocycles. The first-order chi connectivity index (χ1) is 12.7. The Bertz CT molecular complexity index is 1020. The van der Waals surface area contributed by atoms with Gasteiger partial charge in [0.15, 0.2) is 9.84 Å². The number of halogens is 1. The van der Waals surface area contributed by atoms with Crippen LogP contribution in [0.15, 0.2) is 47.4 Å². The third kappa shape index (κ3) is 3.84. The summed E-state index contributed by atoms with van der Waals surface area (Å²) in [5.74, 6) is -0.849. The molecule has 2 aromatic rings. The number of sulfone groups is 1. The highest BCUT2D eigenvalue weighted by molar-refractivity contribution is 7.92. The van der Waals surface area contributed by atoms with E-state index in [4.69, 9.17) is 11.6 Å². The number of rotatable bonds is 3. The fraction of sp³-hybridized carbons (Fsp3) is 0.263. The quantitative estimate of drug-likeness (QED) is 0.848. The number of carbonyl (C=O) groups excluding carboxylic acids is 2. The fourth-order valence-corrected chi connectivity index (χ4v) is 4.64. The molecule has 0 saturated heterocycles. The summed E-state index contributed by atoms with van der Waals surface area (Å²) in [5, 5.41) is 2.36. The summed E-state index contributed by atoms with van der Waals surface area (Å²) in [5.41, 5.74) is 1.61. The molecular formula is C19H19ClN2O4S. The fourth-order valence-electron chi connectivity index (χ4n) is 2.93. The highest BCUT2D eigenvalue weighted by atomic mass is 35.5. The van der Waals surface area contributed by atoms with Gasteiger partial charge in [-0.2, -0.15) is 0 Å². The Kier molecular flexibility index (Phi) is 5.26. The Morgan fingerprint density at radius 2 is 1.96 bits per heavy atom. The second kappa shape index (κ2) is 7.32. The van der Waals surface area contributed by atoms with Crippen LogP contribution in [0.2, 0.25) is 5.02 Å². The molecule has 142 valence electrons. The van der Waals surface area contributed by atoms with Gasteiger partial charge in [-0.25, -0.2) is 8.42 Å². The molecule has 27 heavy (non-hydrogen) atoms. The van der Waals surface area contributed by atoms with Crippen LogP contribution in [-0.4, -0.2) is 32.0 Å². The Balaban J connectivity index is 1.89. The lowest BCUT2D eigenvalue weighted by Gasteiger charge is -2.22. The van der Waals surface area contributed by atoms with E-state index >= 15 is 0 Å². The molecule has 0 fully saturated rings. The summed E-state index contributed by atoms with van der Waals surface area (Å²) in [6.07, 6.45) is -0.180. The predicted molar refractivity (Wildman–Crippen MR) is 105 cm³/mol. The van der Waals surface area contributed by atoms with Gasteiger partial charge in [-0.05, 0) is 43.7 Å². The molecule has 2 aromatic carbocycles. The number of aryl methyl sites for hydroxylation is 1. The minimum absolute atomic E-state index is 0.0644. The van der Waals surface area contributed by atoms with Gasteiger partial charge in [0.25, 0.3) is 0 Å². The smallest absolute Gasteiger partial charge is 0.244 e. The van der Waals surface area contributed by atoms with Crippen LogP contribution in [-0.2, 0) is 19.4 Å². The number of para-hydroxylation sites is 1. The number of carbonyl (C=O) groups is 2. The van der Waals surface area contributed by atoms with Crippen LogP contribution in [0.25, 0.3) is 0 Å². The molecule has 6 nitrogen and oxygen atoms in total. The molecule has 0 saturated carbocycles. The second-order valence-electron chi connectivity index (χ2n) is 6.52. The molecule has 0 bridgehead atoms. The molecule has 0 aromatic heterocycles. The van der Waals surface area contributed by atoms with Crippen molar-refractivity contribution in [3.05, 3.63) is 53.1 Å². The molecule has 3 rings (SSSR count). The highest BCUT2D eigenvalue weighted by Crippen LogP contribution is 2.33. The third-order valence-electron chi connectivity index (χ3n) is 4.51. The van der Waals surface area contributed by atoms with Gasteiger partial charge in [0.05, 0.1) is 15.8 Å². The van der Waals surface area contributed by atoms with Crippen molar-refractivity contribution in [1.29, 1.82) is 0 Å². The zero-order valence-electron chi connectivity index (χ0n) is 14.9. The molecule has 1 heterocycles. The molecule has 1 aliphatic rings. The van der Waals surface area contributed by atoms with Crippen molar-refractivity contribution in [2.45, 2.75) is 30.4 Å². The van der Waals surface area contributed by atoms with Crippen molar-refractivity contribution in [1.82, 2.24) is 0 Å². The van der Waals surface area contributed by atoms with Gasteiger partial charge in [0, 0.05) is 17.1 Å². The lowest BCUT2D eigenvalue weighted by molar-refractivity contribution is -0.121. The summed E-state index contributed by atoms with van der Waals surface area (Å²) in [4.78, 5) is 26.4. The Hall–Kier alpha value is -2.38. The SMILES string of the molecule is Cc1ccc(NC(=O)CN2C(=O)C[C@@H](C)S(=O)(=O)c3ccccc32)cc1Cl. The van der Waals surface area contributed by atoms with Crippen LogP contribution in [0.5, 0.6) is 0 Å². The van der Waals surface area contributed by atoms with Crippen molar-refractivity contribution in [3.8, 4) is 0 Å². The van der Waals surface area contributed by atoms with Crippen molar-refractivity contribution >= 4 is 44.6 Å². The highest BCUT2D eigenvalue weighted by Gasteiger charge is 2.36. The van der Waals surface area contributed by atoms with E-state index < -0.39 is 26.9 Å². The number of fused-ring (bicyclic) bond motifs is 1. The summed E-state index contributed by atoms with van der Waals surface area (Å²) < 4.78 is 25.3. The van der Waals surface area contributed by atoms with E-state index in [1.807, 2.05) is 6.92 Å². The van der Waals surface area contributed by atoms with Crippen LogP contribution in [0.1, 0.15) is 18.9 Å². The molecule has 1 atom stereocenters. The molecule has 1 aliphatic heterocycles. The maximum Gasteiger partial charge on any atom is 0.244 e. The molecule has 2 amide bonds. The molecular weight excluding hydrogens is 388 g/mol. The van der Waals surface area contributed by atoms with E-state index in [-0.39, 0.29) is 23.5 Å². The summed E-state index contributed by atoms with van der Waals surface area (Å²) >= 11 is 6.07. The van der Waals surface area contributed by atoms with Gasteiger partial charge in [-0.1, -0.05) is 29.8 Å². The maximum absolute atomic E-state index is 12.7. The Labute approximate surface area is 163 Å². The zero-order chi connectivity index (χ0) is 19.8. The van der Waals surface area contributed by atoms with Crippen LogP contribution in [0, 0.1) is 6.92 Å². The molecule has 8 heteroatoms. The Morgan fingerprint density at radius 1 is 1.26 bits per heavy atom. The molecule has 0 radical (unpaired) electrons. The number of benzene rings is 2. The number of hydrogen-bond donors (Lipinski definition) is 1. The van der Waals surface area contributed by atoms with E-state index in [0.29, 0.717) is 10.7 Å². The number of amides is 2. The molecule has 0 unspecified atom stereocenters. The molecule has 1 N–H and O–H groups in total. The second-order valence-corrected chi connectivity index (χ2v) is 9.26. The average Bonchev–Trinajstić information content (AvgIpc) is 2.68. The monoisotopic (exact) mass is 406 g/mol. The van der Waals surface area contributed by atoms with Gasteiger partial charge in [-0.3, -0.25) is 9.59 Å². The zero-order valence-corrected chi connectivity index (χ0v) is 16.5. The molecule has 0 spiro atoms. The number of nitrogens with zero attached hydrogens (tertiary/aromatic N) is 1. The van der Waals surface area contributed by atoms with Gasteiger partial charge < -0.3 is 10.2 Å². The van der Waals surface area contributed by atoms with Crippen LogP contribution >= 0.6 is 11.6 Å². The van der Waals surface area contributed by atoms with Gasteiger partial charge in [0.1, 0.15) is 6.54 Å². The van der Waals surface area contributed by atoms with E-state index in [1.54, 1.807) is 36.4 Å². The van der Waals surface area contributed by atoms with Gasteiger partial charge in [0.2, 0.25) is 11.8 Å². The van der Waals surface area contributed by atoms with Gasteiger partial charge in [-0.15, -0.1) is 0 Å². The minimum Gasteiger partial charge on any atom is -0.324 e. The van der Waals surface area contributed by atoms with E-state index in [9.17, 15) is 18.0 Å². The summed E-state index contributed by atoms with van der Waals surface area (Å²) in [7, 11) is -3.64. The lowest BCUT2D eigenvalue weighted by atomic mass is 10.2. The first-order valence-corrected chi connectivity index (χ1v) is 10.3. The number of anilines is 2. The number of nitrogens with one attached hydrogen (secondary N) is 1. The summed E-state index contributed by atoms with van der Waals surface area (Å²) in [6, 6.07) is 11.4. The van der Waals surface area contributed by atoms with Crippen molar-refractivity contribution in [2.75, 3.05) is 16.8 Å². The van der Waals surface area contributed by atoms with Crippen molar-refractivity contribution in [2.24, 2.45) is 0 Å². The Morgan fingerprint density at radius 3 is 2.67 bits per heavy atom. The average molecular weight is 407 g/mol. The van der Waals surface area contributed by atoms with Crippen LogP contribution in [0.3, 0.4) is 0 Å². The number of hydrogen-bond acceptors (Lipinski definition) is 4. The van der Waals surface area contributed by atoms with E-state index in [0.717, 1.165) is 5.56 Å². The summed E-state index contributed by atoms with van der Waals surface area (Å²) in [6.45, 7) is 3.06. The van der Waals surface area contributed by atoms with Crippen LogP contribution in [0.4, 0.5) is 11.4 Å². The first-order valence-electron chi connectivity index (χ1n) is 8.39. The third-order valence-corrected chi connectivity index (χ3v) is 7.10. The lowest BCUT2D eigenvalue weighted by Crippen LogP contribution is -2.38. The largest absolute Gasteiger partial charge is 0.324 e. The minimum atomic E-state index is -3.64. The van der Waals surface area contributed by atoms with Crippen molar-refractivity contribution in [3.63, 3.8) is 0 Å². The topological polar surface area (TPSA) is 83.6 Å². The predicted octanol–water partition coefficient (Wildman–Crippen LogP) is 3.19. The van der Waals surface area contributed by atoms with E-state index in [1.165, 1.54) is 17.9 Å².